The molecule has 0 bridgehead atoms. The molecule has 25 heavy (non-hydrogen) atoms. The number of aliphatic carboxylic acids is 1. The van der Waals surface area contributed by atoms with Crippen LogP contribution in [0.2, 0.25) is 0 Å². The molecule has 2 heterocycles. The molecule has 7 heteroatoms. The highest BCUT2D eigenvalue weighted by molar-refractivity contribution is 5.99. The van der Waals surface area contributed by atoms with Crippen molar-refractivity contribution in [3.8, 4) is 0 Å². The number of fused-ring (bicyclic) bond motifs is 1. The Bertz CT molecular complexity index is 851. The van der Waals surface area contributed by atoms with Gasteiger partial charge in [0, 0.05) is 23.9 Å². The Labute approximate surface area is 146 Å². The maximum absolute atomic E-state index is 12.5. The zero-order valence-electron chi connectivity index (χ0n) is 14.6. The van der Waals surface area contributed by atoms with Crippen molar-refractivity contribution in [1.29, 1.82) is 0 Å². The van der Waals surface area contributed by atoms with Gasteiger partial charge in [-0.1, -0.05) is 24.3 Å². The summed E-state index contributed by atoms with van der Waals surface area (Å²) in [6.07, 6.45) is 5.43. The predicted molar refractivity (Wildman–Crippen MR) is 94.5 cm³/mol. The Hall–Kier alpha value is -2.96. The molecule has 7 nitrogen and oxygen atoms in total. The van der Waals surface area contributed by atoms with Crippen molar-refractivity contribution in [3.63, 3.8) is 0 Å². The minimum absolute atomic E-state index is 0.0384. The molecule has 2 aromatic rings. The second-order valence-corrected chi connectivity index (χ2v) is 6.01. The number of hydrogen-bond donors (Lipinski definition) is 2. The van der Waals surface area contributed by atoms with Gasteiger partial charge in [-0.15, -0.1) is 0 Å². The van der Waals surface area contributed by atoms with E-state index in [0.29, 0.717) is 23.2 Å². The molecule has 0 spiro atoms. The van der Waals surface area contributed by atoms with Crippen LogP contribution in [0.5, 0.6) is 0 Å². The van der Waals surface area contributed by atoms with Crippen molar-refractivity contribution in [1.82, 2.24) is 19.9 Å². The minimum Gasteiger partial charge on any atom is -0.481 e. The minimum atomic E-state index is -0.859. The van der Waals surface area contributed by atoms with Gasteiger partial charge in [0.2, 0.25) is 0 Å². The molecule has 0 radical (unpaired) electrons. The fourth-order valence-corrected chi connectivity index (χ4v) is 2.39. The van der Waals surface area contributed by atoms with E-state index in [4.69, 9.17) is 5.11 Å². The summed E-state index contributed by atoms with van der Waals surface area (Å²) in [4.78, 5) is 27.4. The van der Waals surface area contributed by atoms with E-state index in [-0.39, 0.29) is 18.4 Å². The molecule has 2 N–H and O–H groups in total. The molecule has 0 aliphatic rings. The van der Waals surface area contributed by atoms with Gasteiger partial charge >= 0.3 is 5.97 Å². The molecule has 2 rings (SSSR count). The Morgan fingerprint density at radius 1 is 1.40 bits per heavy atom. The van der Waals surface area contributed by atoms with Crippen LogP contribution in [-0.4, -0.2) is 37.6 Å². The molecular formula is C18H22N4O3. The summed E-state index contributed by atoms with van der Waals surface area (Å²) >= 11 is 0. The zero-order valence-corrected chi connectivity index (χ0v) is 14.6. The van der Waals surface area contributed by atoms with Crippen LogP contribution in [0.3, 0.4) is 0 Å². The Morgan fingerprint density at radius 2 is 2.12 bits per heavy atom. The van der Waals surface area contributed by atoms with Crippen LogP contribution in [-0.2, 0) is 4.79 Å². The summed E-state index contributed by atoms with van der Waals surface area (Å²) in [6.45, 7) is 9.41. The monoisotopic (exact) mass is 342 g/mol. The third-order valence-electron chi connectivity index (χ3n) is 3.66. The number of nitrogens with zero attached hydrogens (tertiary/aromatic N) is 3. The quantitative estimate of drug-likeness (QED) is 0.753. The smallest absolute Gasteiger partial charge is 0.303 e. The summed E-state index contributed by atoms with van der Waals surface area (Å²) in [5.74, 6) is -1.12. The summed E-state index contributed by atoms with van der Waals surface area (Å²) in [6, 6.07) is 1.66. The average Bonchev–Trinajstić information content (AvgIpc) is 2.95. The van der Waals surface area contributed by atoms with Crippen LogP contribution in [0.1, 0.15) is 41.5 Å². The number of rotatable bonds is 7. The highest BCUT2D eigenvalue weighted by Crippen LogP contribution is 2.12. The van der Waals surface area contributed by atoms with E-state index in [2.05, 4.69) is 22.0 Å². The Kier molecular flexibility index (Phi) is 5.69. The van der Waals surface area contributed by atoms with Gasteiger partial charge in [-0.05, 0) is 33.3 Å². The van der Waals surface area contributed by atoms with E-state index in [1.807, 2.05) is 26.8 Å². The van der Waals surface area contributed by atoms with Crippen LogP contribution < -0.4 is 5.32 Å². The van der Waals surface area contributed by atoms with E-state index >= 15 is 0 Å². The van der Waals surface area contributed by atoms with Crippen molar-refractivity contribution in [2.24, 2.45) is 0 Å². The lowest BCUT2D eigenvalue weighted by atomic mass is 10.1. The first kappa shape index (κ1) is 18.4. The normalized spacial score (nSPS) is 12.4. The third-order valence-corrected chi connectivity index (χ3v) is 3.66. The number of allylic oxidation sites excluding steroid dienone is 2. The van der Waals surface area contributed by atoms with E-state index in [1.54, 1.807) is 16.7 Å². The zero-order chi connectivity index (χ0) is 18.6. The van der Waals surface area contributed by atoms with Gasteiger partial charge < -0.3 is 10.4 Å². The standard InChI is InChI=1S/C18H22N4O3/c1-11(6-8-16(23)24)5-7-12(2)21-18(25)15-10-19-22-14(4)9-13(3)20-17(15)22/h5,7,9-10,12H,1,6,8H2,2-4H3,(H,21,25)(H,23,24)/b7-5-. The molecule has 2 aromatic heterocycles. The van der Waals surface area contributed by atoms with Gasteiger partial charge in [0.1, 0.15) is 5.56 Å². The van der Waals surface area contributed by atoms with Gasteiger partial charge in [0.25, 0.3) is 5.91 Å². The number of carbonyl (C=O) groups is 2. The molecule has 0 saturated carbocycles. The fraction of sp³-hybridized carbons (Fsp3) is 0.333. The van der Waals surface area contributed by atoms with Crippen LogP contribution in [0.15, 0.2) is 36.6 Å². The summed E-state index contributed by atoms with van der Waals surface area (Å²) in [7, 11) is 0. The molecule has 0 saturated heterocycles. The number of amides is 1. The molecule has 0 fully saturated rings. The van der Waals surface area contributed by atoms with Crippen molar-refractivity contribution in [2.45, 2.75) is 39.7 Å². The van der Waals surface area contributed by atoms with E-state index < -0.39 is 5.97 Å². The summed E-state index contributed by atoms with van der Waals surface area (Å²) in [5, 5.41) is 15.7. The first-order chi connectivity index (χ1) is 11.8. The fourth-order valence-electron chi connectivity index (χ4n) is 2.39. The lowest BCUT2D eigenvalue weighted by Crippen LogP contribution is -2.31. The number of hydrogen-bond acceptors (Lipinski definition) is 4. The maximum Gasteiger partial charge on any atom is 0.303 e. The van der Waals surface area contributed by atoms with Gasteiger partial charge in [-0.25, -0.2) is 9.50 Å². The van der Waals surface area contributed by atoms with Crippen molar-refractivity contribution in [2.75, 3.05) is 0 Å². The van der Waals surface area contributed by atoms with Crippen molar-refractivity contribution < 1.29 is 14.7 Å². The van der Waals surface area contributed by atoms with Crippen molar-refractivity contribution in [3.05, 3.63) is 53.5 Å². The van der Waals surface area contributed by atoms with Crippen LogP contribution in [0.25, 0.3) is 5.65 Å². The highest BCUT2D eigenvalue weighted by atomic mass is 16.4. The second kappa shape index (κ2) is 7.74. The maximum atomic E-state index is 12.5. The Balaban J connectivity index is 2.04. The van der Waals surface area contributed by atoms with E-state index in [1.165, 1.54) is 6.20 Å². The third kappa shape index (κ3) is 4.76. The van der Waals surface area contributed by atoms with Crippen LogP contribution in [0.4, 0.5) is 0 Å². The van der Waals surface area contributed by atoms with Gasteiger partial charge in [0.05, 0.1) is 6.20 Å². The molecule has 1 atom stereocenters. The number of carboxylic acid groups (broad SMARTS) is 1. The number of aromatic nitrogens is 3. The highest BCUT2D eigenvalue weighted by Gasteiger charge is 2.16. The second-order valence-electron chi connectivity index (χ2n) is 6.01. The lowest BCUT2D eigenvalue weighted by molar-refractivity contribution is -0.136. The molecular weight excluding hydrogens is 320 g/mol. The largest absolute Gasteiger partial charge is 0.481 e. The number of aryl methyl sites for hydroxylation is 2. The van der Waals surface area contributed by atoms with Crippen LogP contribution >= 0.6 is 0 Å². The molecule has 0 aliphatic carbocycles. The van der Waals surface area contributed by atoms with Crippen LogP contribution in [0, 0.1) is 13.8 Å². The SMILES string of the molecule is C=C(/C=C\C(C)NC(=O)c1cnn2c(C)cc(C)nc12)CCC(=O)O. The molecule has 1 unspecified atom stereocenters. The topological polar surface area (TPSA) is 96.6 Å². The van der Waals surface area contributed by atoms with Crippen molar-refractivity contribution >= 4 is 17.5 Å². The van der Waals surface area contributed by atoms with Gasteiger partial charge in [-0.3, -0.25) is 9.59 Å². The van der Waals surface area contributed by atoms with E-state index in [9.17, 15) is 9.59 Å². The number of nitrogens with one attached hydrogen (secondary N) is 1. The molecule has 132 valence electrons. The molecule has 1 amide bonds. The van der Waals surface area contributed by atoms with E-state index in [0.717, 1.165) is 11.4 Å². The van der Waals surface area contributed by atoms with Gasteiger partial charge in [0.15, 0.2) is 5.65 Å². The average molecular weight is 342 g/mol. The Morgan fingerprint density at radius 3 is 2.80 bits per heavy atom. The first-order valence-electron chi connectivity index (χ1n) is 7.98. The molecule has 0 aliphatic heterocycles. The molecule has 0 aromatic carbocycles. The summed E-state index contributed by atoms with van der Waals surface area (Å²) in [5.41, 5.74) is 3.37. The summed E-state index contributed by atoms with van der Waals surface area (Å²) < 4.78 is 1.64. The lowest BCUT2D eigenvalue weighted by Gasteiger charge is -2.09. The number of carbonyl (C=O) groups excluding carboxylic acids is 1. The predicted octanol–water partition coefficient (Wildman–Crippen LogP) is 2.44. The van der Waals surface area contributed by atoms with Gasteiger partial charge in [-0.2, -0.15) is 5.10 Å². The first-order valence-corrected chi connectivity index (χ1v) is 7.98. The number of carboxylic acids is 1.